The fourth-order valence-corrected chi connectivity index (χ4v) is 1.79. The summed E-state index contributed by atoms with van der Waals surface area (Å²) in [5, 5.41) is 1.49. The number of nitrogens with one attached hydrogen (secondary N) is 1. The summed E-state index contributed by atoms with van der Waals surface area (Å²) in [6, 6.07) is 0. The van der Waals surface area contributed by atoms with Crippen LogP contribution in [-0.2, 0) is 0 Å². The normalized spacial score (nSPS) is 13.7. The van der Waals surface area contributed by atoms with E-state index in [0.717, 1.165) is 16.7 Å². The zero-order chi connectivity index (χ0) is 17.1. The lowest BCUT2D eigenvalue weighted by Crippen LogP contribution is -2.23. The maximum Gasteiger partial charge on any atom is 0.143 e. The summed E-state index contributed by atoms with van der Waals surface area (Å²) in [4.78, 5) is 4.22. The van der Waals surface area contributed by atoms with Crippen LogP contribution >= 0.6 is 0 Å². The monoisotopic (exact) mass is 304 g/mol. The van der Waals surface area contributed by atoms with Crippen molar-refractivity contribution in [3.8, 4) is 0 Å². The third-order valence-electron chi connectivity index (χ3n) is 2.72. The van der Waals surface area contributed by atoms with E-state index < -0.39 is 0 Å². The van der Waals surface area contributed by atoms with Crippen LogP contribution in [0.15, 0.2) is 64.2 Å². The van der Waals surface area contributed by atoms with Crippen molar-refractivity contribution in [1.82, 2.24) is 10.4 Å². The van der Waals surface area contributed by atoms with Gasteiger partial charge in [-0.25, -0.2) is 16.7 Å². The molecule has 0 fully saturated rings. The van der Waals surface area contributed by atoms with Crippen molar-refractivity contribution in [3.63, 3.8) is 0 Å². The molecule has 6 heteroatoms. The van der Waals surface area contributed by atoms with Gasteiger partial charge in [0.25, 0.3) is 0 Å². The van der Waals surface area contributed by atoms with Crippen LogP contribution in [0.2, 0.25) is 0 Å². The number of rotatable bonds is 8. The molecule has 7 N–H and O–H groups in total. The minimum absolute atomic E-state index is 0.543. The highest BCUT2D eigenvalue weighted by atomic mass is 15.4. The molecule has 0 saturated heterocycles. The Hall–Kier alpha value is -2.31. The lowest BCUT2D eigenvalue weighted by Gasteiger charge is -2.15. The molecule has 22 heavy (non-hydrogen) atoms. The van der Waals surface area contributed by atoms with Crippen molar-refractivity contribution >= 4 is 6.21 Å². The van der Waals surface area contributed by atoms with Gasteiger partial charge in [-0.05, 0) is 43.7 Å². The van der Waals surface area contributed by atoms with Crippen LogP contribution < -0.4 is 22.8 Å². The molecule has 0 aliphatic rings. The van der Waals surface area contributed by atoms with Crippen molar-refractivity contribution < 1.29 is 0 Å². The second-order valence-electron chi connectivity index (χ2n) is 5.09. The highest BCUT2D eigenvalue weighted by molar-refractivity contribution is 5.71. The van der Waals surface area contributed by atoms with Crippen molar-refractivity contribution in [2.24, 2.45) is 22.4 Å². The van der Waals surface area contributed by atoms with Gasteiger partial charge in [0.2, 0.25) is 0 Å². The van der Waals surface area contributed by atoms with Gasteiger partial charge in [-0.3, -0.25) is 0 Å². The van der Waals surface area contributed by atoms with Crippen LogP contribution in [0, 0.1) is 0 Å². The number of hydrazine groups is 2. The zero-order valence-corrected chi connectivity index (χ0v) is 13.9. The number of nitrogens with two attached hydrogens (primary N) is 3. The topological polar surface area (TPSA) is 106 Å². The summed E-state index contributed by atoms with van der Waals surface area (Å²) in [5.74, 6) is 11.8. The van der Waals surface area contributed by atoms with Crippen LogP contribution in [0.5, 0.6) is 0 Å². The molecule has 0 amide bonds. The smallest absolute Gasteiger partial charge is 0.143 e. The van der Waals surface area contributed by atoms with Crippen molar-refractivity contribution in [1.29, 1.82) is 0 Å². The minimum Gasteiger partial charge on any atom is -0.404 e. The molecule has 0 aromatic rings. The van der Waals surface area contributed by atoms with E-state index in [0.29, 0.717) is 12.2 Å². The number of nitrogens with zero attached hydrogens (tertiary/aromatic N) is 2. The maximum absolute atomic E-state index is 5.75. The van der Waals surface area contributed by atoms with Gasteiger partial charge in [0, 0.05) is 25.9 Å². The Bertz CT molecular complexity index is 517. The zero-order valence-electron chi connectivity index (χ0n) is 13.9. The largest absolute Gasteiger partial charge is 0.404 e. The Morgan fingerprint density at radius 3 is 2.36 bits per heavy atom. The fraction of sp³-hybridized carbons (Fsp3) is 0.312. The number of hydrogen-bond donors (Lipinski definition) is 4. The Morgan fingerprint density at radius 1 is 1.32 bits per heavy atom. The first-order chi connectivity index (χ1) is 10.3. The predicted molar refractivity (Wildman–Crippen MR) is 95.1 cm³/mol. The lowest BCUT2D eigenvalue weighted by molar-refractivity contribution is 0.480. The number of hydrogen-bond acceptors (Lipinski definition) is 6. The molecule has 0 aromatic carbocycles. The van der Waals surface area contributed by atoms with Gasteiger partial charge in [-0.1, -0.05) is 24.3 Å². The Labute approximate surface area is 133 Å². The van der Waals surface area contributed by atoms with Crippen molar-refractivity contribution in [3.05, 3.63) is 59.2 Å². The van der Waals surface area contributed by atoms with E-state index in [1.54, 1.807) is 25.5 Å². The van der Waals surface area contributed by atoms with Gasteiger partial charge in [0.1, 0.15) is 5.82 Å². The minimum atomic E-state index is 0.543. The molecule has 0 bridgehead atoms. The first-order valence-electron chi connectivity index (χ1n) is 6.92. The summed E-state index contributed by atoms with van der Waals surface area (Å²) < 4.78 is 0. The number of allylic oxidation sites excluding steroid dienone is 6. The van der Waals surface area contributed by atoms with E-state index in [-0.39, 0.29) is 0 Å². The summed E-state index contributed by atoms with van der Waals surface area (Å²) in [6.45, 7) is 9.55. The Kier molecular flexibility index (Phi) is 9.33. The van der Waals surface area contributed by atoms with E-state index in [1.165, 1.54) is 10.6 Å². The molecule has 0 spiro atoms. The molecule has 0 aliphatic carbocycles. The SMILES string of the molecule is C=CC=N/C(NN)=C(C)\C(=C\N(C)N)C/C(C=C(C)C)=C/N. The van der Waals surface area contributed by atoms with Crippen LogP contribution in [-0.4, -0.2) is 18.3 Å². The Morgan fingerprint density at radius 2 is 1.95 bits per heavy atom. The molecule has 0 heterocycles. The van der Waals surface area contributed by atoms with Gasteiger partial charge in [0.15, 0.2) is 0 Å². The molecule has 0 atom stereocenters. The van der Waals surface area contributed by atoms with Crippen molar-refractivity contribution in [2.75, 3.05) is 7.05 Å². The second-order valence-corrected chi connectivity index (χ2v) is 5.09. The first-order valence-corrected chi connectivity index (χ1v) is 6.92. The standard InChI is InChI=1S/C16H28N6/c1-6-7-20-16(21-18)13(4)15(11-22(5)19)9-14(10-17)8-12(2)3/h6-8,10-11,21H,1,9,17-19H2,2-5H3/b14-10+,15-11+,16-13+,20-7?. The first kappa shape index (κ1) is 19.7. The molecule has 0 saturated carbocycles. The molecule has 0 radical (unpaired) electrons. The molecular formula is C16H28N6. The quantitative estimate of drug-likeness (QED) is 0.237. The van der Waals surface area contributed by atoms with Crippen LogP contribution in [0.3, 0.4) is 0 Å². The van der Waals surface area contributed by atoms with Crippen molar-refractivity contribution in [2.45, 2.75) is 27.2 Å². The summed E-state index contributed by atoms with van der Waals surface area (Å²) in [5.41, 5.74) is 12.3. The third-order valence-corrected chi connectivity index (χ3v) is 2.72. The Balaban J connectivity index is 5.74. The van der Waals surface area contributed by atoms with E-state index in [9.17, 15) is 0 Å². The maximum atomic E-state index is 5.75. The van der Waals surface area contributed by atoms with E-state index >= 15 is 0 Å². The fourth-order valence-electron chi connectivity index (χ4n) is 1.79. The molecule has 0 aromatic heterocycles. The third kappa shape index (κ3) is 7.47. The highest BCUT2D eigenvalue weighted by Gasteiger charge is 2.09. The summed E-state index contributed by atoms with van der Waals surface area (Å²) >= 11 is 0. The molecule has 122 valence electrons. The van der Waals surface area contributed by atoms with Gasteiger partial charge in [-0.2, -0.15) is 0 Å². The molecule has 0 unspecified atom stereocenters. The molecule has 0 rings (SSSR count). The lowest BCUT2D eigenvalue weighted by atomic mass is 9.99. The van der Waals surface area contributed by atoms with E-state index in [4.69, 9.17) is 17.4 Å². The molecular weight excluding hydrogens is 276 g/mol. The molecule has 0 aliphatic heterocycles. The van der Waals surface area contributed by atoms with E-state index in [1.807, 2.05) is 33.0 Å². The summed E-state index contributed by atoms with van der Waals surface area (Å²) in [6.07, 6.45) is 9.20. The van der Waals surface area contributed by atoms with Gasteiger partial charge in [0.05, 0.1) is 0 Å². The second kappa shape index (κ2) is 10.4. The van der Waals surface area contributed by atoms with Crippen LogP contribution in [0.25, 0.3) is 0 Å². The predicted octanol–water partition coefficient (Wildman–Crippen LogP) is 1.83. The average Bonchev–Trinajstić information content (AvgIpc) is 2.45. The van der Waals surface area contributed by atoms with E-state index in [2.05, 4.69) is 17.0 Å². The highest BCUT2D eigenvalue weighted by Crippen LogP contribution is 2.22. The average molecular weight is 304 g/mol. The van der Waals surface area contributed by atoms with Gasteiger partial charge < -0.3 is 16.2 Å². The molecule has 6 nitrogen and oxygen atoms in total. The van der Waals surface area contributed by atoms with Crippen LogP contribution in [0.1, 0.15) is 27.2 Å². The van der Waals surface area contributed by atoms with Gasteiger partial charge in [-0.15, -0.1) is 0 Å². The van der Waals surface area contributed by atoms with Crippen LogP contribution in [0.4, 0.5) is 0 Å². The summed E-state index contributed by atoms with van der Waals surface area (Å²) in [7, 11) is 1.75. The van der Waals surface area contributed by atoms with Gasteiger partial charge >= 0.3 is 0 Å². The number of aliphatic imine (C=N–C) groups is 1.